The van der Waals surface area contributed by atoms with Crippen molar-refractivity contribution >= 4 is 40.3 Å². The molecule has 0 saturated carbocycles. The predicted molar refractivity (Wildman–Crippen MR) is 136 cm³/mol. The zero-order valence-corrected chi connectivity index (χ0v) is 22.7. The average Bonchev–Trinajstić information content (AvgIpc) is 2.70. The van der Waals surface area contributed by atoms with Gasteiger partial charge in [0, 0.05) is 24.7 Å². The van der Waals surface area contributed by atoms with Gasteiger partial charge in [0.25, 0.3) is 0 Å². The molecule has 0 unspecified atom stereocenters. The second kappa shape index (κ2) is 11.4. The monoisotopic (exact) mass is 518 g/mol. The molecule has 1 N–H and O–H groups in total. The standard InChI is InChI=1S/C24H36Cl2N2O4S/c1-8-13-31-20-15-19(26)18(25)14-17(20)21(27-33(30)24(5,6)7)16-9-11-28(12-10-16)22(29)32-23(2,3)4/h8,14-16,21,27H,1,9-13H2,2-7H3/t21-,33+/m1/s1. The summed E-state index contributed by atoms with van der Waals surface area (Å²) in [5, 5.41) is 0.784. The molecule has 1 saturated heterocycles. The van der Waals surface area contributed by atoms with Crippen LogP contribution in [0.2, 0.25) is 10.0 Å². The molecule has 0 aromatic heterocycles. The van der Waals surface area contributed by atoms with E-state index in [0.717, 1.165) is 5.56 Å². The Bertz CT molecular complexity index is 872. The van der Waals surface area contributed by atoms with Crippen LogP contribution >= 0.6 is 23.2 Å². The molecular weight excluding hydrogens is 483 g/mol. The molecule has 1 fully saturated rings. The van der Waals surface area contributed by atoms with Crippen molar-refractivity contribution in [1.82, 2.24) is 9.62 Å². The number of carbonyl (C=O) groups excluding carboxylic acids is 1. The molecule has 1 aromatic carbocycles. The molecule has 9 heteroatoms. The number of amides is 1. The molecule has 1 aliphatic heterocycles. The Balaban J connectivity index is 2.33. The van der Waals surface area contributed by atoms with E-state index < -0.39 is 21.3 Å². The van der Waals surface area contributed by atoms with Crippen molar-refractivity contribution in [3.8, 4) is 5.75 Å². The molecule has 6 nitrogen and oxygen atoms in total. The maximum Gasteiger partial charge on any atom is 0.410 e. The van der Waals surface area contributed by atoms with E-state index in [-0.39, 0.29) is 18.1 Å². The Morgan fingerprint density at radius 3 is 2.30 bits per heavy atom. The van der Waals surface area contributed by atoms with Crippen LogP contribution in [-0.2, 0) is 15.7 Å². The van der Waals surface area contributed by atoms with E-state index in [2.05, 4.69) is 11.3 Å². The number of carbonyl (C=O) groups is 1. The van der Waals surface area contributed by atoms with Crippen molar-refractivity contribution in [2.45, 2.75) is 70.8 Å². The number of rotatable bonds is 7. The van der Waals surface area contributed by atoms with Crippen LogP contribution in [0.25, 0.3) is 0 Å². The van der Waals surface area contributed by atoms with Crippen LogP contribution in [0.5, 0.6) is 5.75 Å². The van der Waals surface area contributed by atoms with Gasteiger partial charge >= 0.3 is 6.09 Å². The zero-order valence-electron chi connectivity index (χ0n) is 20.4. The van der Waals surface area contributed by atoms with Gasteiger partial charge in [-0.1, -0.05) is 35.9 Å². The lowest BCUT2D eigenvalue weighted by atomic mass is 9.85. The molecule has 186 valence electrons. The highest BCUT2D eigenvalue weighted by atomic mass is 35.5. The van der Waals surface area contributed by atoms with Gasteiger partial charge in [-0.25, -0.2) is 13.7 Å². The Kier molecular flexibility index (Phi) is 9.69. The van der Waals surface area contributed by atoms with Crippen molar-refractivity contribution < 1.29 is 18.5 Å². The van der Waals surface area contributed by atoms with E-state index in [1.807, 2.05) is 41.5 Å². The zero-order chi connectivity index (χ0) is 25.0. The summed E-state index contributed by atoms with van der Waals surface area (Å²) in [6.07, 6.45) is 2.76. The van der Waals surface area contributed by atoms with E-state index in [9.17, 15) is 9.00 Å². The Morgan fingerprint density at radius 2 is 1.79 bits per heavy atom. The maximum absolute atomic E-state index is 13.1. The molecule has 2 rings (SSSR count). The molecule has 0 aliphatic carbocycles. The molecule has 2 atom stereocenters. The summed E-state index contributed by atoms with van der Waals surface area (Å²) in [6, 6.07) is 3.16. The largest absolute Gasteiger partial charge is 0.489 e. The molecule has 0 radical (unpaired) electrons. The Labute approximate surface area is 210 Å². The summed E-state index contributed by atoms with van der Waals surface area (Å²) in [4.78, 5) is 14.2. The van der Waals surface area contributed by atoms with Crippen molar-refractivity contribution in [2.24, 2.45) is 5.92 Å². The van der Waals surface area contributed by atoms with Gasteiger partial charge in [0.1, 0.15) is 18.0 Å². The number of ether oxygens (including phenoxy) is 2. The van der Waals surface area contributed by atoms with E-state index in [0.29, 0.717) is 48.3 Å². The lowest BCUT2D eigenvalue weighted by Crippen LogP contribution is -2.45. The minimum Gasteiger partial charge on any atom is -0.489 e. The molecular formula is C24H36Cl2N2O4S. The van der Waals surface area contributed by atoms with Crippen LogP contribution in [0.15, 0.2) is 24.8 Å². The normalized spacial score (nSPS) is 17.4. The topological polar surface area (TPSA) is 67.9 Å². The first-order chi connectivity index (χ1) is 15.2. The number of nitrogens with zero attached hydrogens (tertiary/aromatic N) is 1. The minimum absolute atomic E-state index is 0.0957. The first kappa shape index (κ1) is 28.0. The number of nitrogens with one attached hydrogen (secondary N) is 1. The molecule has 1 amide bonds. The number of benzene rings is 1. The fourth-order valence-corrected chi connectivity index (χ4v) is 4.74. The first-order valence-electron chi connectivity index (χ1n) is 11.1. The second-order valence-electron chi connectivity index (χ2n) is 10.2. The summed E-state index contributed by atoms with van der Waals surface area (Å²) >= 11 is 12.6. The number of piperidine rings is 1. The van der Waals surface area contributed by atoms with Crippen LogP contribution in [0.4, 0.5) is 4.79 Å². The fourth-order valence-electron chi connectivity index (χ4n) is 3.51. The molecule has 1 aromatic rings. The second-order valence-corrected chi connectivity index (χ2v) is 13.0. The smallest absolute Gasteiger partial charge is 0.410 e. The van der Waals surface area contributed by atoms with Crippen molar-refractivity contribution in [2.75, 3.05) is 19.7 Å². The molecule has 0 spiro atoms. The van der Waals surface area contributed by atoms with Crippen LogP contribution < -0.4 is 9.46 Å². The van der Waals surface area contributed by atoms with Crippen LogP contribution in [0.1, 0.15) is 66.0 Å². The van der Waals surface area contributed by atoms with E-state index in [1.165, 1.54) is 0 Å². The summed E-state index contributed by atoms with van der Waals surface area (Å²) in [5.41, 5.74) is 0.249. The predicted octanol–water partition coefficient (Wildman–Crippen LogP) is 6.30. The Hall–Kier alpha value is -1.28. The van der Waals surface area contributed by atoms with Gasteiger partial charge in [0.2, 0.25) is 0 Å². The Morgan fingerprint density at radius 1 is 1.21 bits per heavy atom. The lowest BCUT2D eigenvalue weighted by Gasteiger charge is -2.38. The van der Waals surface area contributed by atoms with E-state index >= 15 is 0 Å². The summed E-state index contributed by atoms with van der Waals surface area (Å²) < 4.78 is 27.4. The van der Waals surface area contributed by atoms with Crippen LogP contribution in [0, 0.1) is 5.92 Å². The summed E-state index contributed by atoms with van der Waals surface area (Å²) in [6.45, 7) is 16.4. The SMILES string of the molecule is C=CCOc1cc(Cl)c(Cl)cc1[C@H](N[S@@](=O)C(C)(C)C)C1CCN(C(=O)OC(C)(C)C)CC1. The van der Waals surface area contributed by atoms with Crippen LogP contribution in [0.3, 0.4) is 0 Å². The highest BCUT2D eigenvalue weighted by Crippen LogP contribution is 2.40. The first-order valence-corrected chi connectivity index (χ1v) is 13.0. The van der Waals surface area contributed by atoms with Crippen molar-refractivity contribution in [1.29, 1.82) is 0 Å². The maximum atomic E-state index is 13.1. The van der Waals surface area contributed by atoms with Gasteiger partial charge in [-0.2, -0.15) is 0 Å². The third kappa shape index (κ3) is 8.16. The van der Waals surface area contributed by atoms with Gasteiger partial charge in [-0.3, -0.25) is 0 Å². The number of hydrogen-bond donors (Lipinski definition) is 1. The third-order valence-electron chi connectivity index (χ3n) is 5.20. The third-order valence-corrected chi connectivity index (χ3v) is 7.50. The molecule has 1 aliphatic rings. The molecule has 33 heavy (non-hydrogen) atoms. The molecule has 1 heterocycles. The number of likely N-dealkylation sites (tertiary alicyclic amines) is 1. The van der Waals surface area contributed by atoms with E-state index in [4.69, 9.17) is 32.7 Å². The van der Waals surface area contributed by atoms with Gasteiger partial charge in [-0.05, 0) is 66.4 Å². The van der Waals surface area contributed by atoms with Gasteiger partial charge in [0.15, 0.2) is 0 Å². The lowest BCUT2D eigenvalue weighted by molar-refractivity contribution is 0.0171. The molecule has 0 bridgehead atoms. The van der Waals surface area contributed by atoms with Crippen molar-refractivity contribution in [3.05, 3.63) is 40.4 Å². The van der Waals surface area contributed by atoms with Gasteiger partial charge in [-0.15, -0.1) is 0 Å². The highest BCUT2D eigenvalue weighted by molar-refractivity contribution is 7.84. The summed E-state index contributed by atoms with van der Waals surface area (Å²) in [7, 11) is -1.33. The quantitative estimate of drug-likeness (QED) is 0.430. The minimum atomic E-state index is -1.33. The average molecular weight is 520 g/mol. The number of halogens is 2. The fraction of sp³-hybridized carbons (Fsp3) is 0.625. The van der Waals surface area contributed by atoms with Crippen LogP contribution in [-0.4, -0.2) is 45.2 Å². The van der Waals surface area contributed by atoms with Crippen molar-refractivity contribution in [3.63, 3.8) is 0 Å². The summed E-state index contributed by atoms with van der Waals surface area (Å²) in [5.74, 6) is 0.667. The number of hydrogen-bond acceptors (Lipinski definition) is 4. The van der Waals surface area contributed by atoms with Gasteiger partial charge < -0.3 is 14.4 Å². The van der Waals surface area contributed by atoms with Gasteiger partial charge in [0.05, 0.1) is 31.8 Å². The highest BCUT2D eigenvalue weighted by Gasteiger charge is 2.35. The van der Waals surface area contributed by atoms with E-state index in [1.54, 1.807) is 23.1 Å².